The van der Waals surface area contributed by atoms with E-state index < -0.39 is 0 Å². The molecule has 0 aliphatic carbocycles. The minimum Gasteiger partial charge on any atom is -0.352 e. The lowest BCUT2D eigenvalue weighted by Crippen LogP contribution is -2.31. The number of likely N-dealkylation sites (tertiary alicyclic amines) is 1. The van der Waals surface area contributed by atoms with E-state index in [1.165, 1.54) is 44.5 Å². The van der Waals surface area contributed by atoms with Gasteiger partial charge in [0.05, 0.1) is 5.69 Å². The average molecular weight is 487 g/mol. The Bertz CT molecular complexity index is 1330. The highest BCUT2D eigenvalue weighted by Crippen LogP contribution is 2.23. The standard InChI is InChI=1S/C28H31FN6O/c1-34-17-14-20(15-18-34)5-4-16-30-27(36)21-10-12-24(13-11-21)31-28-32-26-9-3-8-25(35(26)33-28)22-6-2-7-23(29)19-22/h2-3,6-13,19-20H,4-5,14-18H2,1H3,(H,30,36)(H,31,33). The van der Waals surface area contributed by atoms with Gasteiger partial charge in [-0.2, -0.15) is 4.98 Å². The van der Waals surface area contributed by atoms with Gasteiger partial charge in [-0.15, -0.1) is 5.10 Å². The fourth-order valence-electron chi connectivity index (χ4n) is 4.70. The Balaban J connectivity index is 1.17. The van der Waals surface area contributed by atoms with Crippen molar-refractivity contribution in [2.24, 2.45) is 5.92 Å². The third-order valence-corrected chi connectivity index (χ3v) is 6.80. The molecule has 2 aromatic heterocycles. The fourth-order valence-corrected chi connectivity index (χ4v) is 4.70. The van der Waals surface area contributed by atoms with Crippen molar-refractivity contribution in [3.63, 3.8) is 0 Å². The van der Waals surface area contributed by atoms with Gasteiger partial charge in [-0.05, 0) is 100 Å². The number of hydrogen-bond acceptors (Lipinski definition) is 5. The molecular weight excluding hydrogens is 455 g/mol. The van der Waals surface area contributed by atoms with Crippen LogP contribution in [0, 0.1) is 11.7 Å². The van der Waals surface area contributed by atoms with Gasteiger partial charge in [-0.3, -0.25) is 4.79 Å². The van der Waals surface area contributed by atoms with Gasteiger partial charge in [0, 0.05) is 23.4 Å². The van der Waals surface area contributed by atoms with Crippen molar-refractivity contribution in [3.05, 3.63) is 78.1 Å². The minimum absolute atomic E-state index is 0.0597. The maximum Gasteiger partial charge on any atom is 0.251 e. The number of anilines is 2. The van der Waals surface area contributed by atoms with Crippen molar-refractivity contribution in [1.29, 1.82) is 0 Å². The van der Waals surface area contributed by atoms with E-state index in [-0.39, 0.29) is 11.7 Å². The Kier molecular flexibility index (Phi) is 7.23. The van der Waals surface area contributed by atoms with Crippen molar-refractivity contribution < 1.29 is 9.18 Å². The largest absolute Gasteiger partial charge is 0.352 e. The van der Waals surface area contributed by atoms with E-state index in [2.05, 4.69) is 32.7 Å². The summed E-state index contributed by atoms with van der Waals surface area (Å²) in [7, 11) is 2.18. The van der Waals surface area contributed by atoms with Crippen LogP contribution in [0.25, 0.3) is 16.9 Å². The summed E-state index contributed by atoms with van der Waals surface area (Å²) in [5.74, 6) is 0.839. The molecule has 4 aromatic rings. The predicted octanol–water partition coefficient (Wildman–Crippen LogP) is 5.13. The van der Waals surface area contributed by atoms with Gasteiger partial charge in [-0.25, -0.2) is 8.91 Å². The van der Waals surface area contributed by atoms with Crippen LogP contribution in [0.3, 0.4) is 0 Å². The number of rotatable bonds is 8. The van der Waals surface area contributed by atoms with Crippen LogP contribution in [-0.4, -0.2) is 52.1 Å². The number of piperidine rings is 1. The quantitative estimate of drug-likeness (QED) is 0.338. The molecule has 5 rings (SSSR count). The molecule has 0 bridgehead atoms. The first kappa shape index (κ1) is 23.9. The fraction of sp³-hybridized carbons (Fsp3) is 0.321. The molecule has 8 heteroatoms. The van der Waals surface area contributed by atoms with E-state index in [4.69, 9.17) is 0 Å². The molecule has 0 saturated carbocycles. The zero-order valence-electron chi connectivity index (χ0n) is 20.5. The summed E-state index contributed by atoms with van der Waals surface area (Å²) in [4.78, 5) is 19.4. The van der Waals surface area contributed by atoms with Crippen LogP contribution in [0.2, 0.25) is 0 Å². The SMILES string of the molecule is CN1CCC(CCCNC(=O)c2ccc(Nc3nc4cccc(-c5cccc(F)c5)n4n3)cc2)CC1. The summed E-state index contributed by atoms with van der Waals surface area (Å²) in [5, 5.41) is 10.8. The number of carbonyl (C=O) groups is 1. The average Bonchev–Trinajstić information content (AvgIpc) is 3.30. The number of pyridine rings is 1. The van der Waals surface area contributed by atoms with Gasteiger partial charge in [0.15, 0.2) is 5.65 Å². The second kappa shape index (κ2) is 10.9. The maximum atomic E-state index is 13.7. The monoisotopic (exact) mass is 486 g/mol. The first-order valence-corrected chi connectivity index (χ1v) is 12.5. The normalized spacial score (nSPS) is 14.7. The Morgan fingerprint density at radius 2 is 1.83 bits per heavy atom. The lowest BCUT2D eigenvalue weighted by Gasteiger charge is -2.28. The summed E-state index contributed by atoms with van der Waals surface area (Å²) in [6, 6.07) is 19.3. The highest BCUT2D eigenvalue weighted by molar-refractivity contribution is 5.94. The Labute approximate surface area is 210 Å². The van der Waals surface area contributed by atoms with Crippen LogP contribution in [0.5, 0.6) is 0 Å². The van der Waals surface area contributed by atoms with Crippen LogP contribution in [-0.2, 0) is 0 Å². The molecule has 186 valence electrons. The first-order chi connectivity index (χ1) is 17.5. The third kappa shape index (κ3) is 5.71. The van der Waals surface area contributed by atoms with Crippen LogP contribution in [0.1, 0.15) is 36.0 Å². The second-order valence-corrected chi connectivity index (χ2v) is 9.47. The van der Waals surface area contributed by atoms with Crippen molar-refractivity contribution in [2.45, 2.75) is 25.7 Å². The highest BCUT2D eigenvalue weighted by atomic mass is 19.1. The number of carbonyl (C=O) groups excluding carboxylic acids is 1. The zero-order chi connectivity index (χ0) is 24.9. The molecule has 0 spiro atoms. The lowest BCUT2D eigenvalue weighted by molar-refractivity contribution is 0.0951. The molecule has 2 aromatic carbocycles. The molecule has 1 aliphatic heterocycles. The Hall–Kier alpha value is -3.78. The molecule has 1 amide bonds. The van der Waals surface area contributed by atoms with Crippen molar-refractivity contribution >= 4 is 23.2 Å². The first-order valence-electron chi connectivity index (χ1n) is 12.5. The zero-order valence-corrected chi connectivity index (χ0v) is 20.5. The van der Waals surface area contributed by atoms with Gasteiger partial charge in [0.1, 0.15) is 5.82 Å². The van der Waals surface area contributed by atoms with E-state index >= 15 is 0 Å². The number of benzene rings is 2. The molecular formula is C28H31FN6O. The van der Waals surface area contributed by atoms with Gasteiger partial charge >= 0.3 is 0 Å². The Morgan fingerprint density at radius 1 is 1.06 bits per heavy atom. The molecule has 1 aliphatic rings. The number of fused-ring (bicyclic) bond motifs is 1. The molecule has 0 atom stereocenters. The molecule has 36 heavy (non-hydrogen) atoms. The number of aromatic nitrogens is 3. The summed E-state index contributed by atoms with van der Waals surface area (Å²) in [5.41, 5.74) is 3.51. The smallest absolute Gasteiger partial charge is 0.251 e. The second-order valence-electron chi connectivity index (χ2n) is 9.47. The van der Waals surface area contributed by atoms with Crippen molar-refractivity contribution in [3.8, 4) is 11.3 Å². The molecule has 3 heterocycles. The lowest BCUT2D eigenvalue weighted by atomic mass is 9.92. The van der Waals surface area contributed by atoms with Crippen molar-refractivity contribution in [2.75, 3.05) is 32.0 Å². The minimum atomic E-state index is -0.302. The maximum absolute atomic E-state index is 13.7. The molecule has 0 unspecified atom stereocenters. The number of amides is 1. The number of hydrogen-bond donors (Lipinski definition) is 2. The van der Waals surface area contributed by atoms with Crippen LogP contribution < -0.4 is 10.6 Å². The van der Waals surface area contributed by atoms with E-state index in [0.29, 0.717) is 23.7 Å². The van der Waals surface area contributed by atoms with Gasteiger partial charge in [0.2, 0.25) is 5.95 Å². The van der Waals surface area contributed by atoms with Gasteiger partial charge in [-0.1, -0.05) is 18.2 Å². The topological polar surface area (TPSA) is 74.6 Å². The summed E-state index contributed by atoms with van der Waals surface area (Å²) in [6.07, 6.45) is 4.69. The van der Waals surface area contributed by atoms with Crippen LogP contribution >= 0.6 is 0 Å². The molecule has 0 radical (unpaired) electrons. The molecule has 2 N–H and O–H groups in total. The Morgan fingerprint density at radius 3 is 2.61 bits per heavy atom. The van der Waals surface area contributed by atoms with E-state index in [1.54, 1.807) is 22.7 Å². The van der Waals surface area contributed by atoms with E-state index in [9.17, 15) is 9.18 Å². The molecule has 1 saturated heterocycles. The van der Waals surface area contributed by atoms with Gasteiger partial charge in [0.25, 0.3) is 5.91 Å². The predicted molar refractivity (Wildman–Crippen MR) is 140 cm³/mol. The number of nitrogens with one attached hydrogen (secondary N) is 2. The van der Waals surface area contributed by atoms with Crippen molar-refractivity contribution in [1.82, 2.24) is 24.8 Å². The summed E-state index contributed by atoms with van der Waals surface area (Å²) >= 11 is 0. The highest BCUT2D eigenvalue weighted by Gasteiger charge is 2.16. The van der Waals surface area contributed by atoms with E-state index in [1.807, 2.05) is 36.4 Å². The van der Waals surface area contributed by atoms with Gasteiger partial charge < -0.3 is 15.5 Å². The summed E-state index contributed by atoms with van der Waals surface area (Å²) < 4.78 is 15.4. The van der Waals surface area contributed by atoms with Crippen LogP contribution in [0.4, 0.5) is 16.0 Å². The molecule has 7 nitrogen and oxygen atoms in total. The number of nitrogens with zero attached hydrogens (tertiary/aromatic N) is 4. The third-order valence-electron chi connectivity index (χ3n) is 6.80. The van der Waals surface area contributed by atoms with Crippen LogP contribution in [0.15, 0.2) is 66.7 Å². The van der Waals surface area contributed by atoms with E-state index in [0.717, 1.165) is 29.3 Å². The summed E-state index contributed by atoms with van der Waals surface area (Å²) in [6.45, 7) is 3.05. The molecule has 1 fully saturated rings. The number of halogens is 1.